The molecule has 0 fully saturated rings. The van der Waals surface area contributed by atoms with Crippen LogP contribution in [0.3, 0.4) is 0 Å². The number of aliphatic hydroxyl groups is 1. The van der Waals surface area contributed by atoms with E-state index in [9.17, 15) is 22.0 Å². The van der Waals surface area contributed by atoms with Gasteiger partial charge >= 0.3 is 0 Å². The Kier molecular flexibility index (Phi) is 12.9. The molecule has 1 rings (SSSR count). The van der Waals surface area contributed by atoms with Gasteiger partial charge in [0.15, 0.2) is 5.75 Å². The van der Waals surface area contributed by atoms with Gasteiger partial charge < -0.3 is 14.6 Å². The molecule has 3 nitrogen and oxygen atoms in total. The summed E-state index contributed by atoms with van der Waals surface area (Å²) in [6.07, 6.45) is 10.4. The summed E-state index contributed by atoms with van der Waals surface area (Å²) in [7, 11) is 0. The van der Waals surface area contributed by atoms with E-state index in [0.29, 0.717) is 19.3 Å². The molecule has 1 aromatic rings. The van der Waals surface area contributed by atoms with E-state index in [4.69, 9.17) is 14.6 Å². The SMILES string of the molecule is CCCCCCCCCC(CCCCOc1c(F)c(F)c(F)c(F)c1F)OCO. The molecule has 1 aromatic carbocycles. The first-order valence-electron chi connectivity index (χ1n) is 10.3. The van der Waals surface area contributed by atoms with Crippen molar-refractivity contribution >= 4 is 0 Å². The first kappa shape index (κ1) is 25.6. The average Bonchev–Trinajstić information content (AvgIpc) is 2.72. The van der Waals surface area contributed by atoms with Gasteiger partial charge in [0.05, 0.1) is 12.7 Å². The van der Waals surface area contributed by atoms with Gasteiger partial charge in [-0.2, -0.15) is 8.78 Å². The molecule has 0 bridgehead atoms. The number of hydrogen-bond donors (Lipinski definition) is 1. The summed E-state index contributed by atoms with van der Waals surface area (Å²) < 4.78 is 76.3. The van der Waals surface area contributed by atoms with E-state index < -0.39 is 34.8 Å². The molecule has 0 radical (unpaired) electrons. The molecule has 29 heavy (non-hydrogen) atoms. The van der Waals surface area contributed by atoms with E-state index >= 15 is 0 Å². The van der Waals surface area contributed by atoms with Gasteiger partial charge in [-0.1, -0.05) is 51.9 Å². The fourth-order valence-corrected chi connectivity index (χ4v) is 3.11. The monoisotopic (exact) mass is 426 g/mol. The summed E-state index contributed by atoms with van der Waals surface area (Å²) >= 11 is 0. The fraction of sp³-hybridized carbons (Fsp3) is 0.714. The summed E-state index contributed by atoms with van der Waals surface area (Å²) in [6, 6.07) is 0. The molecule has 0 aliphatic carbocycles. The highest BCUT2D eigenvalue weighted by Crippen LogP contribution is 2.29. The van der Waals surface area contributed by atoms with E-state index in [2.05, 4.69) is 6.92 Å². The van der Waals surface area contributed by atoms with Crippen LogP contribution in [0.4, 0.5) is 22.0 Å². The standard InChI is InChI=1S/C21H31F5O3/c1-2-3-4-5-6-7-8-11-15(29-14-27)12-9-10-13-28-21-19(25)17(23)16(22)18(24)20(21)26/h15,27H,2-14H2,1H3. The van der Waals surface area contributed by atoms with Gasteiger partial charge in [0.2, 0.25) is 29.1 Å². The van der Waals surface area contributed by atoms with Crippen molar-refractivity contribution in [1.82, 2.24) is 0 Å². The van der Waals surface area contributed by atoms with Crippen molar-refractivity contribution in [2.45, 2.75) is 83.7 Å². The minimum atomic E-state index is -2.21. The summed E-state index contributed by atoms with van der Waals surface area (Å²) in [5, 5.41) is 8.99. The number of unbranched alkanes of at least 4 members (excludes halogenated alkanes) is 7. The van der Waals surface area contributed by atoms with E-state index in [-0.39, 0.29) is 19.5 Å². The Morgan fingerprint density at radius 1 is 0.690 bits per heavy atom. The predicted octanol–water partition coefficient (Wildman–Crippen LogP) is 6.41. The zero-order chi connectivity index (χ0) is 21.6. The fourth-order valence-electron chi connectivity index (χ4n) is 3.11. The van der Waals surface area contributed by atoms with Crippen LogP contribution in [0.5, 0.6) is 5.75 Å². The molecule has 0 amide bonds. The second kappa shape index (κ2) is 14.6. The molecule has 0 saturated carbocycles. The normalized spacial score (nSPS) is 12.4. The molecule has 168 valence electrons. The summed E-state index contributed by atoms with van der Waals surface area (Å²) in [6.45, 7) is 1.59. The van der Waals surface area contributed by atoms with Crippen LogP contribution in [-0.2, 0) is 4.74 Å². The number of hydrogen-bond acceptors (Lipinski definition) is 3. The van der Waals surface area contributed by atoms with Gasteiger partial charge in [-0.15, -0.1) is 0 Å². The molecule has 0 aliphatic rings. The smallest absolute Gasteiger partial charge is 0.206 e. The van der Waals surface area contributed by atoms with Gasteiger partial charge in [-0.05, 0) is 25.7 Å². The van der Waals surface area contributed by atoms with Crippen LogP contribution < -0.4 is 4.74 Å². The maximum atomic E-state index is 13.5. The lowest BCUT2D eigenvalue weighted by Gasteiger charge is -2.16. The van der Waals surface area contributed by atoms with Gasteiger partial charge in [-0.25, -0.2) is 13.2 Å². The zero-order valence-electron chi connectivity index (χ0n) is 16.9. The van der Waals surface area contributed by atoms with E-state index in [0.717, 1.165) is 19.3 Å². The third-order valence-corrected chi connectivity index (χ3v) is 4.78. The quantitative estimate of drug-likeness (QED) is 0.109. The first-order valence-corrected chi connectivity index (χ1v) is 10.3. The average molecular weight is 426 g/mol. The Labute approximate surface area is 169 Å². The lowest BCUT2D eigenvalue weighted by atomic mass is 10.0. The Morgan fingerprint density at radius 2 is 1.17 bits per heavy atom. The Bertz CT molecular complexity index is 569. The van der Waals surface area contributed by atoms with Crippen LogP contribution in [0.25, 0.3) is 0 Å². The maximum absolute atomic E-state index is 13.5. The van der Waals surface area contributed by atoms with E-state index in [1.165, 1.54) is 32.1 Å². The Balaban J connectivity index is 2.31. The van der Waals surface area contributed by atoms with Crippen molar-refractivity contribution in [3.05, 3.63) is 29.1 Å². The third-order valence-electron chi connectivity index (χ3n) is 4.78. The van der Waals surface area contributed by atoms with Crippen molar-refractivity contribution in [2.24, 2.45) is 0 Å². The molecule has 0 aromatic heterocycles. The summed E-state index contributed by atoms with van der Waals surface area (Å²) in [4.78, 5) is 0. The molecule has 8 heteroatoms. The van der Waals surface area contributed by atoms with Crippen LogP contribution in [0.1, 0.15) is 77.6 Å². The predicted molar refractivity (Wildman–Crippen MR) is 100 cm³/mol. The van der Waals surface area contributed by atoms with Crippen LogP contribution >= 0.6 is 0 Å². The third kappa shape index (κ3) is 8.86. The number of rotatable bonds is 16. The number of benzene rings is 1. The van der Waals surface area contributed by atoms with Crippen molar-refractivity contribution in [3.63, 3.8) is 0 Å². The number of aliphatic hydroxyl groups excluding tert-OH is 1. The highest BCUT2D eigenvalue weighted by Gasteiger charge is 2.26. The van der Waals surface area contributed by atoms with Crippen LogP contribution in [0.2, 0.25) is 0 Å². The second-order valence-corrected chi connectivity index (χ2v) is 7.07. The van der Waals surface area contributed by atoms with Crippen LogP contribution in [0.15, 0.2) is 0 Å². The molecule has 0 aliphatic heterocycles. The Hall–Kier alpha value is -1.41. The molecule has 1 atom stereocenters. The largest absolute Gasteiger partial charge is 0.487 e. The highest BCUT2D eigenvalue weighted by atomic mass is 19.2. The second-order valence-electron chi connectivity index (χ2n) is 7.07. The Morgan fingerprint density at radius 3 is 1.72 bits per heavy atom. The van der Waals surface area contributed by atoms with E-state index in [1.807, 2.05) is 0 Å². The van der Waals surface area contributed by atoms with Crippen molar-refractivity contribution in [2.75, 3.05) is 13.4 Å². The minimum absolute atomic E-state index is 0.134. The topological polar surface area (TPSA) is 38.7 Å². The van der Waals surface area contributed by atoms with Gasteiger partial charge in [0, 0.05) is 0 Å². The minimum Gasteiger partial charge on any atom is -0.487 e. The molecular weight excluding hydrogens is 395 g/mol. The molecule has 1 N–H and O–H groups in total. The van der Waals surface area contributed by atoms with Crippen molar-refractivity contribution in [1.29, 1.82) is 0 Å². The first-order chi connectivity index (χ1) is 13.9. The van der Waals surface area contributed by atoms with Crippen LogP contribution in [0, 0.1) is 29.1 Å². The molecular formula is C21H31F5O3. The zero-order valence-corrected chi connectivity index (χ0v) is 16.9. The lowest BCUT2D eigenvalue weighted by molar-refractivity contribution is -0.0573. The van der Waals surface area contributed by atoms with Crippen LogP contribution in [-0.4, -0.2) is 24.6 Å². The molecule has 0 saturated heterocycles. The molecule has 0 spiro atoms. The summed E-state index contributed by atoms with van der Waals surface area (Å²) in [5.74, 6) is -11.5. The number of halogens is 5. The molecule has 0 heterocycles. The van der Waals surface area contributed by atoms with Gasteiger partial charge in [0.1, 0.15) is 6.79 Å². The van der Waals surface area contributed by atoms with Gasteiger partial charge in [0.25, 0.3) is 0 Å². The molecule has 1 unspecified atom stereocenters. The summed E-state index contributed by atoms with van der Waals surface area (Å²) in [5.41, 5.74) is 0. The van der Waals surface area contributed by atoms with Gasteiger partial charge in [-0.3, -0.25) is 0 Å². The lowest BCUT2D eigenvalue weighted by Crippen LogP contribution is -2.14. The number of ether oxygens (including phenoxy) is 2. The van der Waals surface area contributed by atoms with Crippen molar-refractivity contribution in [3.8, 4) is 5.75 Å². The van der Waals surface area contributed by atoms with E-state index in [1.54, 1.807) is 0 Å². The van der Waals surface area contributed by atoms with Crippen molar-refractivity contribution < 1.29 is 36.5 Å². The highest BCUT2D eigenvalue weighted by molar-refractivity contribution is 5.29. The maximum Gasteiger partial charge on any atom is 0.206 e.